The Labute approximate surface area is 138 Å². The number of halogens is 3. The van der Waals surface area contributed by atoms with E-state index in [-0.39, 0.29) is 16.3 Å². The van der Waals surface area contributed by atoms with Crippen LogP contribution in [-0.4, -0.2) is 8.42 Å². The molecule has 2 rings (SSSR count). The fraction of sp³-hybridized carbons (Fsp3) is 0.0769. The Morgan fingerprint density at radius 1 is 1.19 bits per heavy atom. The van der Waals surface area contributed by atoms with Crippen LogP contribution in [-0.2, 0) is 10.0 Å². The molecule has 0 fully saturated rings. The van der Waals surface area contributed by atoms with Crippen molar-refractivity contribution in [2.75, 3.05) is 10.5 Å². The number of aryl methyl sites for hydroxylation is 1. The van der Waals surface area contributed by atoms with Crippen LogP contribution < -0.4 is 10.5 Å². The third-order valence-corrected chi connectivity index (χ3v) is 5.57. The van der Waals surface area contributed by atoms with E-state index in [1.54, 1.807) is 13.0 Å². The molecule has 0 unspecified atom stereocenters. The number of sulfonamides is 1. The Balaban J connectivity index is 2.46. The molecule has 0 aromatic heterocycles. The number of rotatable bonds is 3. The van der Waals surface area contributed by atoms with Gasteiger partial charge in [-0.25, -0.2) is 12.8 Å². The van der Waals surface area contributed by atoms with Crippen molar-refractivity contribution in [2.45, 2.75) is 11.8 Å². The molecule has 0 saturated heterocycles. The lowest BCUT2D eigenvalue weighted by atomic mass is 10.2. The average Bonchev–Trinajstić information content (AvgIpc) is 2.31. The fourth-order valence-corrected chi connectivity index (χ4v) is 4.85. The maximum atomic E-state index is 13.5. The second-order valence-electron chi connectivity index (χ2n) is 4.38. The first-order chi connectivity index (χ1) is 9.70. The second kappa shape index (κ2) is 5.94. The summed E-state index contributed by atoms with van der Waals surface area (Å²) in [5, 5.41) is 0. The molecule has 0 aliphatic carbocycles. The van der Waals surface area contributed by atoms with Gasteiger partial charge in [-0.15, -0.1) is 0 Å². The van der Waals surface area contributed by atoms with Crippen LogP contribution in [0.15, 0.2) is 44.2 Å². The third-order valence-electron chi connectivity index (χ3n) is 2.73. The molecular formula is C13H11Br2FN2O2S. The monoisotopic (exact) mass is 436 g/mol. The van der Waals surface area contributed by atoms with Gasteiger partial charge < -0.3 is 5.73 Å². The number of hydrogen-bond acceptors (Lipinski definition) is 3. The van der Waals surface area contributed by atoms with Crippen LogP contribution in [0.4, 0.5) is 15.8 Å². The van der Waals surface area contributed by atoms with Crippen LogP contribution in [0, 0.1) is 12.7 Å². The maximum Gasteiger partial charge on any atom is 0.265 e. The lowest BCUT2D eigenvalue weighted by molar-refractivity contribution is 0.601. The number of hydrogen-bond donors (Lipinski definition) is 2. The molecule has 0 saturated carbocycles. The van der Waals surface area contributed by atoms with Crippen molar-refractivity contribution in [1.82, 2.24) is 0 Å². The zero-order valence-electron chi connectivity index (χ0n) is 10.8. The van der Waals surface area contributed by atoms with Gasteiger partial charge in [0.15, 0.2) is 0 Å². The molecule has 21 heavy (non-hydrogen) atoms. The van der Waals surface area contributed by atoms with Crippen molar-refractivity contribution in [3.05, 3.63) is 50.7 Å². The van der Waals surface area contributed by atoms with E-state index in [1.807, 2.05) is 0 Å². The zero-order valence-corrected chi connectivity index (χ0v) is 14.8. The van der Waals surface area contributed by atoms with Gasteiger partial charge in [-0.1, -0.05) is 22.0 Å². The van der Waals surface area contributed by atoms with Gasteiger partial charge in [0.05, 0.1) is 11.4 Å². The molecule has 0 bridgehead atoms. The predicted octanol–water partition coefficient (Wildman–Crippen LogP) is 4.04. The summed E-state index contributed by atoms with van der Waals surface area (Å²) in [6, 6.07) is 7.15. The molecule has 8 heteroatoms. The minimum Gasteiger partial charge on any atom is -0.398 e. The van der Waals surface area contributed by atoms with Crippen molar-refractivity contribution < 1.29 is 12.8 Å². The molecule has 0 spiro atoms. The predicted molar refractivity (Wildman–Crippen MR) is 88.2 cm³/mol. The van der Waals surface area contributed by atoms with E-state index in [1.165, 1.54) is 18.2 Å². The summed E-state index contributed by atoms with van der Waals surface area (Å²) in [6.07, 6.45) is 0. The van der Waals surface area contributed by atoms with Crippen LogP contribution in [0.1, 0.15) is 5.56 Å². The number of anilines is 2. The van der Waals surface area contributed by atoms with Crippen molar-refractivity contribution in [2.24, 2.45) is 0 Å². The summed E-state index contributed by atoms with van der Waals surface area (Å²) in [5.41, 5.74) is 6.41. The van der Waals surface area contributed by atoms with Crippen molar-refractivity contribution in [3.63, 3.8) is 0 Å². The van der Waals surface area contributed by atoms with Gasteiger partial charge in [-0.3, -0.25) is 4.72 Å². The topological polar surface area (TPSA) is 72.2 Å². The van der Waals surface area contributed by atoms with Gasteiger partial charge in [-0.2, -0.15) is 0 Å². The van der Waals surface area contributed by atoms with Crippen molar-refractivity contribution in [1.29, 1.82) is 0 Å². The molecular weight excluding hydrogens is 427 g/mol. The summed E-state index contributed by atoms with van der Waals surface area (Å²) >= 11 is 6.39. The Kier molecular flexibility index (Phi) is 4.60. The van der Waals surface area contributed by atoms with Crippen LogP contribution >= 0.6 is 31.9 Å². The Hall–Kier alpha value is -1.12. The highest BCUT2D eigenvalue weighted by molar-refractivity contribution is 9.11. The van der Waals surface area contributed by atoms with Gasteiger partial charge in [0.1, 0.15) is 10.7 Å². The number of benzene rings is 2. The number of nitrogens with one attached hydrogen (secondary N) is 1. The average molecular weight is 438 g/mol. The summed E-state index contributed by atoms with van der Waals surface area (Å²) in [4.78, 5) is -0.0910. The summed E-state index contributed by atoms with van der Waals surface area (Å²) in [7, 11) is -3.93. The molecule has 2 aromatic carbocycles. The summed E-state index contributed by atoms with van der Waals surface area (Å²) in [6.45, 7) is 1.59. The smallest absolute Gasteiger partial charge is 0.265 e. The molecule has 0 radical (unpaired) electrons. The lowest BCUT2D eigenvalue weighted by Gasteiger charge is -2.12. The number of nitrogens with two attached hydrogens (primary N) is 1. The molecule has 0 amide bonds. The maximum absolute atomic E-state index is 13.5. The highest BCUT2D eigenvalue weighted by atomic mass is 79.9. The molecule has 0 atom stereocenters. The standard InChI is InChI=1S/C13H11Br2FN2O2S/c1-7-2-3-9(6-11(7)16)18-21(19,20)13-10(15)4-8(14)5-12(13)17/h2-6,18H,17H2,1H3. The van der Waals surface area contributed by atoms with Crippen molar-refractivity contribution >= 4 is 53.3 Å². The molecule has 0 aliphatic heterocycles. The van der Waals surface area contributed by atoms with Gasteiger partial charge in [0.25, 0.3) is 10.0 Å². The first-order valence-corrected chi connectivity index (χ1v) is 8.81. The van der Waals surface area contributed by atoms with E-state index in [0.29, 0.717) is 14.5 Å². The van der Waals surface area contributed by atoms with E-state index in [4.69, 9.17) is 5.73 Å². The third kappa shape index (κ3) is 3.56. The fourth-order valence-electron chi connectivity index (χ4n) is 1.73. The quantitative estimate of drug-likeness (QED) is 0.711. The number of nitrogen functional groups attached to an aromatic ring is 1. The van der Waals surface area contributed by atoms with Crippen LogP contribution in [0.2, 0.25) is 0 Å². The van der Waals surface area contributed by atoms with E-state index in [9.17, 15) is 12.8 Å². The van der Waals surface area contributed by atoms with E-state index < -0.39 is 15.8 Å². The van der Waals surface area contributed by atoms with Crippen LogP contribution in [0.5, 0.6) is 0 Å². The SMILES string of the molecule is Cc1ccc(NS(=O)(=O)c2c(N)cc(Br)cc2Br)cc1F. The van der Waals surface area contributed by atoms with E-state index in [0.717, 1.165) is 6.07 Å². The largest absolute Gasteiger partial charge is 0.398 e. The van der Waals surface area contributed by atoms with Crippen molar-refractivity contribution in [3.8, 4) is 0 Å². The summed E-state index contributed by atoms with van der Waals surface area (Å²) in [5.74, 6) is -0.488. The molecule has 3 N–H and O–H groups in total. The van der Waals surface area contributed by atoms with Gasteiger partial charge in [-0.05, 0) is 52.7 Å². The molecule has 4 nitrogen and oxygen atoms in total. The first-order valence-electron chi connectivity index (χ1n) is 5.74. The second-order valence-corrected chi connectivity index (χ2v) is 7.76. The van der Waals surface area contributed by atoms with Crippen LogP contribution in [0.25, 0.3) is 0 Å². The van der Waals surface area contributed by atoms with Gasteiger partial charge >= 0.3 is 0 Å². The van der Waals surface area contributed by atoms with Gasteiger partial charge in [0, 0.05) is 8.95 Å². The van der Waals surface area contributed by atoms with Gasteiger partial charge in [0.2, 0.25) is 0 Å². The van der Waals surface area contributed by atoms with Crippen LogP contribution in [0.3, 0.4) is 0 Å². The Morgan fingerprint density at radius 2 is 1.86 bits per heavy atom. The van der Waals surface area contributed by atoms with E-state index in [2.05, 4.69) is 36.6 Å². The highest BCUT2D eigenvalue weighted by Gasteiger charge is 2.22. The molecule has 2 aromatic rings. The zero-order chi connectivity index (χ0) is 15.8. The minimum atomic E-state index is -3.93. The molecule has 0 aliphatic rings. The molecule has 0 heterocycles. The van der Waals surface area contributed by atoms with E-state index >= 15 is 0 Å². The molecule has 112 valence electrons. The Bertz CT molecular complexity index is 787. The normalized spacial score (nSPS) is 11.4. The summed E-state index contributed by atoms with van der Waals surface area (Å²) < 4.78 is 41.5. The minimum absolute atomic E-state index is 0.0799. The Morgan fingerprint density at radius 3 is 2.43 bits per heavy atom. The first kappa shape index (κ1) is 16.3. The highest BCUT2D eigenvalue weighted by Crippen LogP contribution is 2.32. The lowest BCUT2D eigenvalue weighted by Crippen LogP contribution is -2.15.